The van der Waals surface area contributed by atoms with E-state index in [0.29, 0.717) is 34.6 Å². The molecule has 1 saturated heterocycles. The summed E-state index contributed by atoms with van der Waals surface area (Å²) in [5.41, 5.74) is 1.12. The van der Waals surface area contributed by atoms with Gasteiger partial charge in [-0.1, -0.05) is 30.3 Å². The molecule has 9 heteroatoms. The Balaban J connectivity index is 1.71. The quantitative estimate of drug-likeness (QED) is 0.632. The van der Waals surface area contributed by atoms with Crippen molar-refractivity contribution in [3.8, 4) is 11.5 Å². The van der Waals surface area contributed by atoms with Gasteiger partial charge in [-0.05, 0) is 33.6 Å². The van der Waals surface area contributed by atoms with Crippen LogP contribution >= 0.6 is 15.9 Å². The third kappa shape index (κ3) is 4.91. The van der Waals surface area contributed by atoms with Crippen molar-refractivity contribution in [2.24, 2.45) is 0 Å². The maximum Gasteiger partial charge on any atom is 0.257 e. The molecule has 1 aliphatic rings. The third-order valence-electron chi connectivity index (χ3n) is 4.80. The highest BCUT2D eigenvalue weighted by Gasteiger charge is 2.31. The molecule has 0 atom stereocenters. The monoisotopic (exact) mass is 482 g/mol. The van der Waals surface area contributed by atoms with Crippen LogP contribution in [0.25, 0.3) is 0 Å². The lowest BCUT2D eigenvalue weighted by atomic mass is 10.1. The zero-order chi connectivity index (χ0) is 21.0. The van der Waals surface area contributed by atoms with Crippen LogP contribution in [0.5, 0.6) is 11.5 Å². The van der Waals surface area contributed by atoms with E-state index in [1.807, 2.05) is 18.2 Å². The first-order valence-corrected chi connectivity index (χ1v) is 11.5. The summed E-state index contributed by atoms with van der Waals surface area (Å²) < 4.78 is 38.1. The Morgan fingerprint density at radius 2 is 1.69 bits per heavy atom. The lowest BCUT2D eigenvalue weighted by molar-refractivity contribution is 0.0694. The van der Waals surface area contributed by atoms with Gasteiger partial charge < -0.3 is 14.4 Å². The predicted molar refractivity (Wildman–Crippen MR) is 114 cm³/mol. The molecule has 7 nitrogen and oxygen atoms in total. The summed E-state index contributed by atoms with van der Waals surface area (Å²) in [6.07, 6.45) is 0. The molecule has 3 rings (SSSR count). The van der Waals surface area contributed by atoms with Crippen molar-refractivity contribution >= 4 is 31.9 Å². The van der Waals surface area contributed by atoms with Gasteiger partial charge >= 0.3 is 0 Å². The van der Waals surface area contributed by atoms with Gasteiger partial charge in [0.05, 0.1) is 30.0 Å². The molecule has 2 aromatic rings. The minimum absolute atomic E-state index is 0.0432. The molecule has 0 spiro atoms. The molecule has 1 fully saturated rings. The Hall–Kier alpha value is -2.10. The highest BCUT2D eigenvalue weighted by Crippen LogP contribution is 2.34. The molecule has 0 aliphatic carbocycles. The van der Waals surface area contributed by atoms with Crippen molar-refractivity contribution < 1.29 is 22.7 Å². The third-order valence-corrected chi connectivity index (χ3v) is 7.24. The van der Waals surface area contributed by atoms with Crippen molar-refractivity contribution in [3.63, 3.8) is 0 Å². The fourth-order valence-electron chi connectivity index (χ4n) is 3.27. The van der Waals surface area contributed by atoms with Crippen LogP contribution in [-0.4, -0.2) is 63.9 Å². The van der Waals surface area contributed by atoms with Crippen molar-refractivity contribution in [2.45, 2.75) is 5.75 Å². The summed E-state index contributed by atoms with van der Waals surface area (Å²) in [6, 6.07) is 12.4. The number of hydrogen-bond donors (Lipinski definition) is 0. The molecule has 1 heterocycles. The number of hydrogen-bond acceptors (Lipinski definition) is 5. The van der Waals surface area contributed by atoms with E-state index in [1.165, 1.54) is 18.5 Å². The number of carbonyl (C=O) groups excluding carboxylic acids is 1. The molecule has 0 radical (unpaired) electrons. The number of methoxy groups -OCH3 is 2. The molecular formula is C20H23BrN2O5S. The second-order valence-corrected chi connectivity index (χ2v) is 9.45. The van der Waals surface area contributed by atoms with Crippen molar-refractivity contribution in [1.82, 2.24) is 9.21 Å². The smallest absolute Gasteiger partial charge is 0.257 e. The second kappa shape index (κ2) is 9.15. The van der Waals surface area contributed by atoms with Crippen molar-refractivity contribution in [3.05, 3.63) is 58.1 Å². The zero-order valence-electron chi connectivity index (χ0n) is 16.3. The summed E-state index contributed by atoms with van der Waals surface area (Å²) in [4.78, 5) is 14.7. The van der Waals surface area contributed by atoms with E-state index in [4.69, 9.17) is 9.47 Å². The number of halogens is 1. The summed E-state index contributed by atoms with van der Waals surface area (Å²) in [6.45, 7) is 1.14. The number of rotatable bonds is 6. The molecule has 156 valence electrons. The Kier molecular flexibility index (Phi) is 6.81. The Morgan fingerprint density at radius 3 is 2.28 bits per heavy atom. The number of ether oxygens (including phenoxy) is 2. The number of benzene rings is 2. The highest BCUT2D eigenvalue weighted by molar-refractivity contribution is 9.10. The minimum atomic E-state index is -3.44. The average molecular weight is 483 g/mol. The molecule has 0 saturated carbocycles. The zero-order valence-corrected chi connectivity index (χ0v) is 18.7. The molecule has 0 aromatic heterocycles. The van der Waals surface area contributed by atoms with E-state index in [2.05, 4.69) is 15.9 Å². The first-order valence-electron chi connectivity index (χ1n) is 9.08. The number of amides is 1. The van der Waals surface area contributed by atoms with Gasteiger partial charge in [0.1, 0.15) is 11.5 Å². The molecule has 0 bridgehead atoms. The van der Waals surface area contributed by atoms with E-state index in [9.17, 15) is 13.2 Å². The van der Waals surface area contributed by atoms with E-state index in [0.717, 1.165) is 5.56 Å². The molecule has 0 unspecified atom stereocenters. The second-order valence-electron chi connectivity index (χ2n) is 6.62. The van der Waals surface area contributed by atoms with Gasteiger partial charge in [-0.15, -0.1) is 0 Å². The largest absolute Gasteiger partial charge is 0.497 e. The van der Waals surface area contributed by atoms with Crippen molar-refractivity contribution in [1.29, 1.82) is 0 Å². The topological polar surface area (TPSA) is 76.2 Å². The van der Waals surface area contributed by atoms with Gasteiger partial charge in [0, 0.05) is 26.2 Å². The fourth-order valence-corrected chi connectivity index (χ4v) is 5.39. The van der Waals surface area contributed by atoms with Gasteiger partial charge in [0.25, 0.3) is 5.91 Å². The highest BCUT2D eigenvalue weighted by atomic mass is 79.9. The fraction of sp³-hybridized carbons (Fsp3) is 0.350. The Bertz CT molecular complexity index is 974. The van der Waals surface area contributed by atoms with Crippen molar-refractivity contribution in [2.75, 3.05) is 40.4 Å². The van der Waals surface area contributed by atoms with Gasteiger partial charge in [0.15, 0.2) is 0 Å². The van der Waals surface area contributed by atoms with E-state index in [1.54, 1.807) is 29.2 Å². The summed E-state index contributed by atoms with van der Waals surface area (Å²) in [5.74, 6) is 0.694. The maximum absolute atomic E-state index is 13.0. The average Bonchev–Trinajstić information content (AvgIpc) is 2.73. The molecule has 1 amide bonds. The first-order chi connectivity index (χ1) is 13.9. The van der Waals surface area contributed by atoms with E-state index in [-0.39, 0.29) is 24.7 Å². The number of nitrogens with zero attached hydrogens (tertiary/aromatic N) is 2. The van der Waals surface area contributed by atoms with Crippen LogP contribution in [0.4, 0.5) is 0 Å². The maximum atomic E-state index is 13.0. The minimum Gasteiger partial charge on any atom is -0.497 e. The van der Waals surface area contributed by atoms with Crippen LogP contribution in [0.1, 0.15) is 15.9 Å². The molecular weight excluding hydrogens is 460 g/mol. The standard InChI is InChI=1S/C20H23BrN2O5S/c1-27-16-12-17(19(28-2)18(21)13-16)20(24)22-8-10-23(11-9-22)29(25,26)14-15-6-4-3-5-7-15/h3-7,12-13H,8-11,14H2,1-2H3. The lowest BCUT2D eigenvalue weighted by Gasteiger charge is -2.34. The van der Waals surface area contributed by atoms with Gasteiger partial charge in [-0.3, -0.25) is 4.79 Å². The normalized spacial score (nSPS) is 15.2. The Labute approximate surface area is 179 Å². The van der Waals surface area contributed by atoms with Gasteiger partial charge in [-0.25, -0.2) is 8.42 Å². The molecule has 2 aromatic carbocycles. The molecule has 29 heavy (non-hydrogen) atoms. The van der Waals surface area contributed by atoms with E-state index < -0.39 is 10.0 Å². The molecule has 1 aliphatic heterocycles. The summed E-state index contributed by atoms with van der Waals surface area (Å²) >= 11 is 3.40. The molecule has 0 N–H and O–H groups in total. The number of sulfonamides is 1. The van der Waals surface area contributed by atoms with Crippen LogP contribution in [-0.2, 0) is 15.8 Å². The predicted octanol–water partition coefficient (Wildman–Crippen LogP) is 2.75. The first kappa shape index (κ1) is 21.6. The number of carbonyl (C=O) groups is 1. The van der Waals surface area contributed by atoms with Crippen LogP contribution in [0.3, 0.4) is 0 Å². The SMILES string of the molecule is COc1cc(Br)c(OC)c(C(=O)N2CCN(S(=O)(=O)Cc3ccccc3)CC2)c1. The lowest BCUT2D eigenvalue weighted by Crippen LogP contribution is -2.50. The Morgan fingerprint density at radius 1 is 1.03 bits per heavy atom. The number of piperazine rings is 1. The van der Waals surface area contributed by atoms with Gasteiger partial charge in [-0.2, -0.15) is 4.31 Å². The van der Waals surface area contributed by atoms with E-state index >= 15 is 0 Å². The van der Waals surface area contributed by atoms with Crippen LogP contribution < -0.4 is 9.47 Å². The van der Waals surface area contributed by atoms with Crippen LogP contribution in [0, 0.1) is 0 Å². The summed E-state index contributed by atoms with van der Waals surface area (Å²) in [5, 5.41) is 0. The summed E-state index contributed by atoms with van der Waals surface area (Å²) in [7, 11) is -0.413. The van der Waals surface area contributed by atoms with Gasteiger partial charge in [0.2, 0.25) is 10.0 Å². The van der Waals surface area contributed by atoms with Crippen LogP contribution in [0.15, 0.2) is 46.9 Å². The van der Waals surface area contributed by atoms with Crippen LogP contribution in [0.2, 0.25) is 0 Å².